The van der Waals surface area contributed by atoms with Crippen LogP contribution in [0.4, 0.5) is 0 Å². The van der Waals surface area contributed by atoms with Crippen molar-refractivity contribution in [3.05, 3.63) is 83.9 Å². The molecule has 1 N–H and O–H groups in total. The van der Waals surface area contributed by atoms with Crippen LogP contribution in [0, 0.1) is 0 Å². The van der Waals surface area contributed by atoms with Crippen LogP contribution >= 0.6 is 0 Å². The average Bonchev–Trinajstić information content (AvgIpc) is 2.85. The zero-order valence-corrected chi connectivity index (χ0v) is 18.1. The second-order valence-electron chi connectivity index (χ2n) is 6.70. The second kappa shape index (κ2) is 12.0. The predicted molar refractivity (Wildman–Crippen MR) is 123 cm³/mol. The van der Waals surface area contributed by atoms with Crippen molar-refractivity contribution in [3.63, 3.8) is 0 Å². The third kappa shape index (κ3) is 6.77. The highest BCUT2D eigenvalue weighted by atomic mass is 16.5. The number of hydrogen-bond acceptors (Lipinski definition) is 6. The molecular formula is C25H26N2O5. The van der Waals surface area contributed by atoms with Crippen LogP contribution in [0.3, 0.4) is 0 Å². The van der Waals surface area contributed by atoms with Gasteiger partial charge in [0.25, 0.3) is 5.91 Å². The Morgan fingerprint density at radius 1 is 0.844 bits per heavy atom. The average molecular weight is 434 g/mol. The van der Waals surface area contributed by atoms with E-state index in [-0.39, 0.29) is 5.91 Å². The third-order valence-electron chi connectivity index (χ3n) is 4.48. The number of amides is 1. The maximum absolute atomic E-state index is 12.0. The summed E-state index contributed by atoms with van der Waals surface area (Å²) >= 11 is 0. The largest absolute Gasteiger partial charge is 0.497 e. The van der Waals surface area contributed by atoms with Gasteiger partial charge in [0.05, 0.1) is 33.6 Å². The summed E-state index contributed by atoms with van der Waals surface area (Å²) in [6, 6.07) is 21.8. The van der Waals surface area contributed by atoms with Gasteiger partial charge in [-0.1, -0.05) is 18.2 Å². The standard InChI is InChI=1S/C25H26N2O5/c1-29-21-10-12-22(13-11-21)31-15-6-16-32-23-14-9-19(17-24(23)30-2)18-26-27-25(28)20-7-4-3-5-8-20/h3-5,7-14,17-18H,6,15-16H2,1-2H3,(H,27,28). The molecule has 32 heavy (non-hydrogen) atoms. The Morgan fingerprint density at radius 2 is 1.56 bits per heavy atom. The van der Waals surface area contributed by atoms with Gasteiger partial charge in [0.2, 0.25) is 0 Å². The van der Waals surface area contributed by atoms with Crippen molar-refractivity contribution in [2.24, 2.45) is 5.10 Å². The van der Waals surface area contributed by atoms with Crippen molar-refractivity contribution >= 4 is 12.1 Å². The molecule has 0 fully saturated rings. The topological polar surface area (TPSA) is 78.4 Å². The number of hydrazone groups is 1. The van der Waals surface area contributed by atoms with Crippen LogP contribution in [0.25, 0.3) is 0 Å². The van der Waals surface area contributed by atoms with Crippen LogP contribution in [0.2, 0.25) is 0 Å². The SMILES string of the molecule is COc1ccc(OCCCOc2ccc(C=NNC(=O)c3ccccc3)cc2OC)cc1. The molecule has 3 aromatic carbocycles. The quantitative estimate of drug-likeness (QED) is 0.276. The summed E-state index contributed by atoms with van der Waals surface area (Å²) in [5.74, 6) is 2.51. The number of methoxy groups -OCH3 is 2. The molecule has 0 heterocycles. The predicted octanol–water partition coefficient (Wildman–Crippen LogP) is 4.32. The van der Waals surface area contributed by atoms with E-state index in [1.165, 1.54) is 0 Å². The van der Waals surface area contributed by atoms with E-state index >= 15 is 0 Å². The van der Waals surface area contributed by atoms with Crippen LogP contribution in [0.15, 0.2) is 77.9 Å². The maximum atomic E-state index is 12.0. The van der Waals surface area contributed by atoms with Gasteiger partial charge in [-0.3, -0.25) is 4.79 Å². The van der Waals surface area contributed by atoms with Gasteiger partial charge in [-0.25, -0.2) is 5.43 Å². The number of benzene rings is 3. The number of ether oxygens (including phenoxy) is 4. The van der Waals surface area contributed by atoms with Gasteiger partial charge in [-0.05, 0) is 60.2 Å². The van der Waals surface area contributed by atoms with E-state index in [1.807, 2.05) is 42.5 Å². The Labute approximate surface area is 187 Å². The Morgan fingerprint density at radius 3 is 2.28 bits per heavy atom. The highest BCUT2D eigenvalue weighted by Gasteiger charge is 2.06. The van der Waals surface area contributed by atoms with Crippen LogP contribution in [-0.4, -0.2) is 39.6 Å². The molecule has 0 spiro atoms. The fraction of sp³-hybridized carbons (Fsp3) is 0.200. The first-order valence-electron chi connectivity index (χ1n) is 10.2. The van der Waals surface area contributed by atoms with Gasteiger partial charge in [0, 0.05) is 12.0 Å². The maximum Gasteiger partial charge on any atom is 0.271 e. The van der Waals surface area contributed by atoms with Crippen molar-refractivity contribution in [1.82, 2.24) is 5.43 Å². The summed E-state index contributed by atoms with van der Waals surface area (Å²) in [5, 5.41) is 4.00. The third-order valence-corrected chi connectivity index (χ3v) is 4.48. The first-order chi connectivity index (χ1) is 15.7. The van der Waals surface area contributed by atoms with Crippen molar-refractivity contribution in [1.29, 1.82) is 0 Å². The van der Waals surface area contributed by atoms with Crippen LogP contribution in [0.1, 0.15) is 22.3 Å². The normalized spacial score (nSPS) is 10.6. The molecule has 0 unspecified atom stereocenters. The fourth-order valence-electron chi connectivity index (χ4n) is 2.81. The lowest BCUT2D eigenvalue weighted by Gasteiger charge is -2.12. The minimum Gasteiger partial charge on any atom is -0.497 e. The molecule has 0 aliphatic carbocycles. The highest BCUT2D eigenvalue weighted by molar-refractivity contribution is 5.94. The number of nitrogens with one attached hydrogen (secondary N) is 1. The zero-order chi connectivity index (χ0) is 22.6. The van der Waals surface area contributed by atoms with Crippen molar-refractivity contribution < 1.29 is 23.7 Å². The van der Waals surface area contributed by atoms with Crippen LogP contribution in [0.5, 0.6) is 23.0 Å². The van der Waals surface area contributed by atoms with E-state index in [0.717, 1.165) is 17.1 Å². The van der Waals surface area contributed by atoms with E-state index in [2.05, 4.69) is 10.5 Å². The Kier molecular flexibility index (Phi) is 8.50. The Balaban J connectivity index is 1.45. The van der Waals surface area contributed by atoms with Gasteiger partial charge in [-0.15, -0.1) is 0 Å². The first kappa shape index (κ1) is 22.7. The number of carbonyl (C=O) groups is 1. The van der Waals surface area contributed by atoms with Crippen molar-refractivity contribution in [3.8, 4) is 23.0 Å². The van der Waals surface area contributed by atoms with E-state index in [9.17, 15) is 4.79 Å². The lowest BCUT2D eigenvalue weighted by Crippen LogP contribution is -2.17. The molecule has 0 saturated heterocycles. The van der Waals surface area contributed by atoms with Crippen molar-refractivity contribution in [2.75, 3.05) is 27.4 Å². The van der Waals surface area contributed by atoms with E-state index < -0.39 is 0 Å². The van der Waals surface area contributed by atoms with Crippen LogP contribution in [-0.2, 0) is 0 Å². The second-order valence-corrected chi connectivity index (χ2v) is 6.70. The molecule has 3 aromatic rings. The minimum atomic E-state index is -0.273. The van der Waals surface area contributed by atoms with Gasteiger partial charge in [-0.2, -0.15) is 5.10 Å². The minimum absolute atomic E-state index is 0.273. The first-order valence-corrected chi connectivity index (χ1v) is 10.2. The number of rotatable bonds is 11. The molecule has 0 aromatic heterocycles. The monoisotopic (exact) mass is 434 g/mol. The molecule has 0 aliphatic rings. The number of nitrogens with zero attached hydrogens (tertiary/aromatic N) is 1. The van der Waals surface area contributed by atoms with E-state index in [1.54, 1.807) is 50.8 Å². The molecule has 0 atom stereocenters. The van der Waals surface area contributed by atoms with Gasteiger partial charge in [0.1, 0.15) is 11.5 Å². The smallest absolute Gasteiger partial charge is 0.271 e. The number of hydrogen-bond donors (Lipinski definition) is 1. The van der Waals surface area contributed by atoms with Gasteiger partial charge >= 0.3 is 0 Å². The highest BCUT2D eigenvalue weighted by Crippen LogP contribution is 2.27. The lowest BCUT2D eigenvalue weighted by molar-refractivity contribution is 0.0955. The van der Waals surface area contributed by atoms with Gasteiger partial charge in [0.15, 0.2) is 11.5 Å². The molecule has 3 rings (SSSR count). The lowest BCUT2D eigenvalue weighted by atomic mass is 10.2. The van der Waals surface area contributed by atoms with Crippen molar-refractivity contribution in [2.45, 2.75) is 6.42 Å². The molecule has 0 bridgehead atoms. The summed E-state index contributed by atoms with van der Waals surface area (Å²) in [4.78, 5) is 12.0. The molecule has 1 amide bonds. The molecule has 7 nitrogen and oxygen atoms in total. The van der Waals surface area contributed by atoms with E-state index in [0.29, 0.717) is 36.7 Å². The summed E-state index contributed by atoms with van der Waals surface area (Å²) in [7, 11) is 3.21. The molecule has 0 radical (unpaired) electrons. The number of carbonyl (C=O) groups excluding carboxylic acids is 1. The molecule has 0 aliphatic heterocycles. The summed E-state index contributed by atoms with van der Waals surface area (Å²) < 4.78 is 22.1. The summed E-state index contributed by atoms with van der Waals surface area (Å²) in [6.45, 7) is 1.01. The molecular weight excluding hydrogens is 408 g/mol. The Hall–Kier alpha value is -4.00. The zero-order valence-electron chi connectivity index (χ0n) is 18.1. The van der Waals surface area contributed by atoms with Crippen LogP contribution < -0.4 is 24.4 Å². The molecule has 7 heteroatoms. The molecule has 0 saturated carbocycles. The van der Waals surface area contributed by atoms with Gasteiger partial charge < -0.3 is 18.9 Å². The Bertz CT molecular complexity index is 1020. The summed E-state index contributed by atoms with van der Waals surface area (Å²) in [5.41, 5.74) is 3.82. The molecule has 166 valence electrons. The summed E-state index contributed by atoms with van der Waals surface area (Å²) in [6.07, 6.45) is 2.26. The van der Waals surface area contributed by atoms with E-state index in [4.69, 9.17) is 18.9 Å². The fourth-order valence-corrected chi connectivity index (χ4v) is 2.81.